The Balaban J connectivity index is 2.63. The molecule has 104 valence electrons. The van der Waals surface area contributed by atoms with E-state index < -0.39 is 18.4 Å². The molecule has 0 bridgehead atoms. The lowest BCUT2D eigenvalue weighted by molar-refractivity contribution is -0.137. The summed E-state index contributed by atoms with van der Waals surface area (Å²) in [6.07, 6.45) is 0. The highest BCUT2D eigenvalue weighted by Crippen LogP contribution is 2.13. The van der Waals surface area contributed by atoms with Crippen molar-refractivity contribution < 1.29 is 24.2 Å². The van der Waals surface area contributed by atoms with Gasteiger partial charge in [0, 0.05) is 12.8 Å². The fourth-order valence-corrected chi connectivity index (χ4v) is 1.45. The number of para-hydroxylation sites is 1. The zero-order valence-electron chi connectivity index (χ0n) is 10.7. The monoisotopic (exact) mass is 267 g/mol. The fourth-order valence-electron chi connectivity index (χ4n) is 1.45. The summed E-state index contributed by atoms with van der Waals surface area (Å²) in [4.78, 5) is 23.9. The van der Waals surface area contributed by atoms with E-state index in [0.29, 0.717) is 12.3 Å². The lowest BCUT2D eigenvalue weighted by Gasteiger charge is -2.20. The zero-order chi connectivity index (χ0) is 14.1. The maximum absolute atomic E-state index is 11.9. The summed E-state index contributed by atoms with van der Waals surface area (Å²) in [6, 6.07) is 8.63. The molecule has 1 aromatic carbocycles. The van der Waals surface area contributed by atoms with Crippen LogP contribution in [0.3, 0.4) is 0 Å². The number of ether oxygens (including phenoxy) is 2. The van der Waals surface area contributed by atoms with Gasteiger partial charge in [-0.2, -0.15) is 0 Å². The van der Waals surface area contributed by atoms with Gasteiger partial charge < -0.3 is 14.6 Å². The van der Waals surface area contributed by atoms with Crippen molar-refractivity contribution in [3.63, 3.8) is 0 Å². The van der Waals surface area contributed by atoms with Crippen LogP contribution in [0.2, 0.25) is 0 Å². The molecule has 0 fully saturated rings. The minimum absolute atomic E-state index is 0.175. The molecule has 0 aliphatic carbocycles. The van der Waals surface area contributed by atoms with E-state index in [-0.39, 0.29) is 13.2 Å². The largest absolute Gasteiger partial charge is 0.480 e. The van der Waals surface area contributed by atoms with E-state index >= 15 is 0 Å². The first-order valence-corrected chi connectivity index (χ1v) is 5.79. The van der Waals surface area contributed by atoms with E-state index in [1.54, 1.807) is 30.3 Å². The van der Waals surface area contributed by atoms with Crippen molar-refractivity contribution >= 4 is 17.6 Å². The molecule has 1 amide bonds. The quantitative estimate of drug-likeness (QED) is 0.704. The summed E-state index contributed by atoms with van der Waals surface area (Å²) < 4.78 is 9.90. The number of carbonyl (C=O) groups excluding carboxylic acids is 1. The molecule has 0 heterocycles. The van der Waals surface area contributed by atoms with E-state index in [9.17, 15) is 9.59 Å². The van der Waals surface area contributed by atoms with Gasteiger partial charge in [-0.1, -0.05) is 18.2 Å². The van der Waals surface area contributed by atoms with E-state index in [2.05, 4.69) is 0 Å². The number of nitrogens with zero attached hydrogens (tertiary/aromatic N) is 1. The molecule has 1 aromatic rings. The second-order valence-electron chi connectivity index (χ2n) is 3.75. The summed E-state index contributed by atoms with van der Waals surface area (Å²) in [7, 11) is 1.53. The van der Waals surface area contributed by atoms with Crippen LogP contribution in [0.4, 0.5) is 5.69 Å². The fraction of sp³-hybridized carbons (Fsp3) is 0.385. The van der Waals surface area contributed by atoms with Crippen LogP contribution >= 0.6 is 0 Å². The zero-order valence-corrected chi connectivity index (χ0v) is 10.7. The Bertz CT molecular complexity index is 407. The number of aliphatic carboxylic acids is 1. The summed E-state index contributed by atoms with van der Waals surface area (Å²) in [5.74, 6) is -1.47. The van der Waals surface area contributed by atoms with E-state index in [4.69, 9.17) is 14.6 Å². The number of amides is 1. The van der Waals surface area contributed by atoms with E-state index in [1.807, 2.05) is 0 Å². The van der Waals surface area contributed by atoms with Crippen molar-refractivity contribution in [1.82, 2.24) is 0 Å². The molecule has 0 aliphatic rings. The van der Waals surface area contributed by atoms with Crippen LogP contribution in [0.1, 0.15) is 0 Å². The summed E-state index contributed by atoms with van der Waals surface area (Å²) in [6.45, 7) is 0.109. The van der Waals surface area contributed by atoms with Gasteiger partial charge in [0.15, 0.2) is 0 Å². The third kappa shape index (κ3) is 5.50. The SMILES string of the molecule is COCCOCC(=O)N(CC(=O)O)c1ccccc1. The smallest absolute Gasteiger partial charge is 0.323 e. The molecular weight excluding hydrogens is 250 g/mol. The van der Waals surface area contributed by atoms with Crippen LogP contribution in [0, 0.1) is 0 Å². The molecule has 0 unspecified atom stereocenters. The number of rotatable bonds is 8. The molecule has 1 N–H and O–H groups in total. The average Bonchev–Trinajstić information content (AvgIpc) is 2.41. The molecule has 0 atom stereocenters. The molecule has 1 rings (SSSR count). The van der Waals surface area contributed by atoms with Crippen molar-refractivity contribution in [3.8, 4) is 0 Å². The van der Waals surface area contributed by atoms with E-state index in [0.717, 1.165) is 0 Å². The Hall–Kier alpha value is -1.92. The molecule has 6 heteroatoms. The Morgan fingerprint density at radius 1 is 1.21 bits per heavy atom. The molecule has 0 spiro atoms. The number of carbonyl (C=O) groups is 2. The molecule has 19 heavy (non-hydrogen) atoms. The van der Waals surface area contributed by atoms with Crippen molar-refractivity contribution in [3.05, 3.63) is 30.3 Å². The summed E-state index contributed by atoms with van der Waals surface area (Å²) in [5.41, 5.74) is 0.533. The van der Waals surface area contributed by atoms with Crippen molar-refractivity contribution in [2.75, 3.05) is 38.4 Å². The number of carboxylic acids is 1. The number of hydrogen-bond donors (Lipinski definition) is 1. The van der Waals surface area contributed by atoms with Crippen LogP contribution in [-0.4, -0.2) is 50.5 Å². The molecular formula is C13H17NO5. The third-order valence-electron chi connectivity index (χ3n) is 2.32. The lowest BCUT2D eigenvalue weighted by atomic mass is 10.3. The van der Waals surface area contributed by atoms with Crippen molar-refractivity contribution in [2.45, 2.75) is 0 Å². The number of hydrogen-bond acceptors (Lipinski definition) is 4. The van der Waals surface area contributed by atoms with Gasteiger partial charge in [-0.15, -0.1) is 0 Å². The summed E-state index contributed by atoms with van der Waals surface area (Å²) in [5, 5.41) is 8.85. The third-order valence-corrected chi connectivity index (χ3v) is 2.32. The Morgan fingerprint density at radius 2 is 1.89 bits per heavy atom. The number of benzene rings is 1. The maximum atomic E-state index is 11.9. The standard InChI is InChI=1S/C13H17NO5/c1-18-7-8-19-10-12(15)14(9-13(16)17)11-5-3-2-4-6-11/h2-6H,7-10H2,1H3,(H,16,17). The second kappa shape index (κ2) is 8.23. The van der Waals surface area contributed by atoms with Gasteiger partial charge in [0.2, 0.25) is 0 Å². The van der Waals surface area contributed by atoms with Crippen LogP contribution in [-0.2, 0) is 19.1 Å². The molecule has 0 saturated heterocycles. The lowest BCUT2D eigenvalue weighted by Crippen LogP contribution is -2.38. The van der Waals surface area contributed by atoms with Crippen LogP contribution in [0.25, 0.3) is 0 Å². The topological polar surface area (TPSA) is 76.1 Å². The van der Waals surface area contributed by atoms with Gasteiger partial charge in [0.25, 0.3) is 5.91 Å². The first kappa shape index (κ1) is 15.1. The van der Waals surface area contributed by atoms with Crippen LogP contribution in [0.15, 0.2) is 30.3 Å². The molecule has 0 radical (unpaired) electrons. The van der Waals surface area contributed by atoms with Gasteiger partial charge >= 0.3 is 5.97 Å². The molecule has 0 saturated carbocycles. The first-order chi connectivity index (χ1) is 9.15. The first-order valence-electron chi connectivity index (χ1n) is 5.79. The van der Waals surface area contributed by atoms with Crippen LogP contribution < -0.4 is 4.90 Å². The normalized spacial score (nSPS) is 10.2. The Morgan fingerprint density at radius 3 is 2.47 bits per heavy atom. The highest BCUT2D eigenvalue weighted by molar-refractivity contribution is 5.98. The predicted octanol–water partition coefficient (Wildman–Crippen LogP) is 0.767. The van der Waals surface area contributed by atoms with Crippen molar-refractivity contribution in [1.29, 1.82) is 0 Å². The van der Waals surface area contributed by atoms with E-state index in [1.165, 1.54) is 12.0 Å². The van der Waals surface area contributed by atoms with Crippen LogP contribution in [0.5, 0.6) is 0 Å². The van der Waals surface area contributed by atoms with Gasteiger partial charge in [-0.3, -0.25) is 14.5 Å². The highest BCUT2D eigenvalue weighted by Gasteiger charge is 2.18. The van der Waals surface area contributed by atoms with Gasteiger partial charge in [-0.05, 0) is 12.1 Å². The van der Waals surface area contributed by atoms with Gasteiger partial charge in [0.1, 0.15) is 13.2 Å². The predicted molar refractivity (Wildman–Crippen MR) is 69.1 cm³/mol. The average molecular weight is 267 g/mol. The summed E-state index contributed by atoms with van der Waals surface area (Å²) >= 11 is 0. The minimum Gasteiger partial charge on any atom is -0.480 e. The second-order valence-corrected chi connectivity index (χ2v) is 3.75. The molecule has 6 nitrogen and oxygen atoms in total. The Kier molecular flexibility index (Phi) is 6.56. The highest BCUT2D eigenvalue weighted by atomic mass is 16.5. The molecule has 0 aromatic heterocycles. The number of anilines is 1. The number of carboxylic acid groups (broad SMARTS) is 1. The van der Waals surface area contributed by atoms with Gasteiger partial charge in [-0.25, -0.2) is 0 Å². The number of methoxy groups -OCH3 is 1. The van der Waals surface area contributed by atoms with Gasteiger partial charge in [0.05, 0.1) is 13.2 Å². The Labute approximate surface area is 111 Å². The van der Waals surface area contributed by atoms with Crippen molar-refractivity contribution in [2.24, 2.45) is 0 Å². The minimum atomic E-state index is -1.07. The maximum Gasteiger partial charge on any atom is 0.323 e. The molecule has 0 aliphatic heterocycles.